The molecule has 0 saturated heterocycles. The predicted octanol–water partition coefficient (Wildman–Crippen LogP) is 4.34. The minimum Gasteiger partial charge on any atom is -0.192 e. The third kappa shape index (κ3) is 3.24. The van der Waals surface area contributed by atoms with E-state index in [1.165, 1.54) is 0 Å². The summed E-state index contributed by atoms with van der Waals surface area (Å²) in [6, 6.07) is 22.0. The molecule has 0 N–H and O–H groups in total. The highest BCUT2D eigenvalue weighted by Crippen LogP contribution is 2.23. The van der Waals surface area contributed by atoms with Crippen LogP contribution in [0.3, 0.4) is 0 Å². The lowest BCUT2D eigenvalue weighted by Crippen LogP contribution is -1.78. The monoisotopic (exact) mass is 237 g/mol. The van der Waals surface area contributed by atoms with Crippen molar-refractivity contribution in [2.75, 3.05) is 0 Å². The molecule has 2 aromatic carbocycles. The van der Waals surface area contributed by atoms with E-state index >= 15 is 0 Å². The number of nitriles is 1. The van der Waals surface area contributed by atoms with Crippen LogP contribution in [-0.4, -0.2) is 0 Å². The zero-order chi connectivity index (χ0) is 11.9. The van der Waals surface area contributed by atoms with Crippen LogP contribution < -0.4 is 0 Å². The number of nitrogens with zero attached hydrogens (tertiary/aromatic N) is 1. The lowest BCUT2D eigenvalue weighted by molar-refractivity contribution is 1.47. The van der Waals surface area contributed by atoms with Gasteiger partial charge in [0, 0.05) is 4.90 Å². The summed E-state index contributed by atoms with van der Waals surface area (Å²) < 4.78 is 0. The Balaban J connectivity index is 2.18. The van der Waals surface area contributed by atoms with E-state index in [9.17, 15) is 0 Å². The molecule has 0 radical (unpaired) electrons. The quantitative estimate of drug-likeness (QED) is 0.585. The fourth-order valence-electron chi connectivity index (χ4n) is 1.40. The van der Waals surface area contributed by atoms with E-state index in [0.717, 1.165) is 10.5 Å². The van der Waals surface area contributed by atoms with Gasteiger partial charge < -0.3 is 0 Å². The van der Waals surface area contributed by atoms with E-state index < -0.39 is 0 Å². The van der Waals surface area contributed by atoms with Gasteiger partial charge in [0.2, 0.25) is 0 Å². The molecule has 0 aromatic heterocycles. The first kappa shape index (κ1) is 11.5. The summed E-state index contributed by atoms with van der Waals surface area (Å²) in [5.74, 6) is 0. The van der Waals surface area contributed by atoms with Crippen LogP contribution in [0.4, 0.5) is 0 Å². The molecule has 0 aliphatic carbocycles. The summed E-state index contributed by atoms with van der Waals surface area (Å²) in [6.45, 7) is 0. The van der Waals surface area contributed by atoms with E-state index in [-0.39, 0.29) is 0 Å². The molecular weight excluding hydrogens is 226 g/mol. The van der Waals surface area contributed by atoms with Gasteiger partial charge in [0.05, 0.1) is 5.57 Å². The maximum absolute atomic E-state index is 9.13. The SMILES string of the molecule is N#C/C(=C\Sc1ccccc1)c1ccccc1. The molecule has 1 nitrogen and oxygen atoms in total. The fraction of sp³-hybridized carbons (Fsp3) is 0. The second kappa shape index (κ2) is 5.93. The molecule has 0 bridgehead atoms. The zero-order valence-electron chi connectivity index (χ0n) is 9.21. The molecule has 0 unspecified atom stereocenters. The van der Waals surface area contributed by atoms with Gasteiger partial charge >= 0.3 is 0 Å². The number of rotatable bonds is 3. The average molecular weight is 237 g/mol. The van der Waals surface area contributed by atoms with E-state index in [4.69, 9.17) is 5.26 Å². The first-order valence-electron chi connectivity index (χ1n) is 5.27. The second-order valence-corrected chi connectivity index (χ2v) is 4.38. The van der Waals surface area contributed by atoms with Crippen LogP contribution in [0.2, 0.25) is 0 Å². The van der Waals surface area contributed by atoms with Crippen molar-refractivity contribution >= 4 is 17.3 Å². The molecule has 2 heteroatoms. The summed E-state index contributed by atoms with van der Waals surface area (Å²) in [4.78, 5) is 1.14. The van der Waals surface area contributed by atoms with Gasteiger partial charge in [-0.2, -0.15) is 5.26 Å². The Morgan fingerprint density at radius 3 is 2.12 bits per heavy atom. The van der Waals surface area contributed by atoms with Crippen LogP contribution in [-0.2, 0) is 0 Å². The average Bonchev–Trinajstić information content (AvgIpc) is 2.42. The van der Waals surface area contributed by atoms with Crippen molar-refractivity contribution in [2.45, 2.75) is 4.90 Å². The molecule has 0 atom stereocenters. The van der Waals surface area contributed by atoms with Crippen LogP contribution in [0.15, 0.2) is 71.0 Å². The molecule has 17 heavy (non-hydrogen) atoms. The molecule has 0 heterocycles. The van der Waals surface area contributed by atoms with E-state index in [0.29, 0.717) is 5.57 Å². The van der Waals surface area contributed by atoms with Gasteiger partial charge in [-0.1, -0.05) is 60.3 Å². The zero-order valence-corrected chi connectivity index (χ0v) is 10.0. The topological polar surface area (TPSA) is 23.8 Å². The predicted molar refractivity (Wildman–Crippen MR) is 72.3 cm³/mol. The van der Waals surface area contributed by atoms with Gasteiger partial charge in [-0.25, -0.2) is 0 Å². The van der Waals surface area contributed by atoms with E-state index in [1.807, 2.05) is 66.1 Å². The highest BCUT2D eigenvalue weighted by Gasteiger charge is 1.99. The second-order valence-electron chi connectivity index (χ2n) is 3.44. The smallest absolute Gasteiger partial charge is 0.100 e. The van der Waals surface area contributed by atoms with Gasteiger partial charge in [-0.3, -0.25) is 0 Å². The highest BCUT2D eigenvalue weighted by molar-refractivity contribution is 8.02. The Morgan fingerprint density at radius 1 is 0.941 bits per heavy atom. The Kier molecular flexibility index (Phi) is 4.01. The number of thioether (sulfide) groups is 1. The van der Waals surface area contributed by atoms with Crippen molar-refractivity contribution in [3.63, 3.8) is 0 Å². The molecule has 2 rings (SSSR count). The molecule has 0 amide bonds. The maximum Gasteiger partial charge on any atom is 0.100 e. The number of allylic oxidation sites excluding steroid dienone is 1. The van der Waals surface area contributed by atoms with Crippen molar-refractivity contribution in [1.29, 1.82) is 5.26 Å². The Bertz CT molecular complexity index is 538. The Hall–Kier alpha value is -1.98. The summed E-state index contributed by atoms with van der Waals surface area (Å²) in [5.41, 5.74) is 1.65. The molecule has 0 spiro atoms. The minimum absolute atomic E-state index is 0.694. The Morgan fingerprint density at radius 2 is 1.53 bits per heavy atom. The van der Waals surface area contributed by atoms with E-state index in [2.05, 4.69) is 6.07 Å². The molecular formula is C15H11NS. The van der Waals surface area contributed by atoms with Crippen molar-refractivity contribution in [3.05, 3.63) is 71.6 Å². The normalized spacial score (nSPS) is 10.9. The number of hydrogen-bond acceptors (Lipinski definition) is 2. The standard InChI is InChI=1S/C15H11NS/c16-11-14(13-7-3-1-4-8-13)12-17-15-9-5-2-6-10-15/h1-10,12H/b14-12+. The van der Waals surface area contributed by atoms with E-state index in [1.54, 1.807) is 11.8 Å². The minimum atomic E-state index is 0.694. The first-order valence-corrected chi connectivity index (χ1v) is 6.15. The lowest BCUT2D eigenvalue weighted by atomic mass is 10.1. The van der Waals surface area contributed by atoms with Crippen LogP contribution in [0.1, 0.15) is 5.56 Å². The van der Waals surface area contributed by atoms with Gasteiger partial charge in [0.15, 0.2) is 0 Å². The van der Waals surface area contributed by atoms with Gasteiger partial charge in [-0.15, -0.1) is 0 Å². The van der Waals surface area contributed by atoms with Crippen LogP contribution >= 0.6 is 11.8 Å². The number of hydrogen-bond donors (Lipinski definition) is 0. The largest absolute Gasteiger partial charge is 0.192 e. The first-order chi connectivity index (χ1) is 8.40. The molecule has 82 valence electrons. The Labute approximate surface area is 105 Å². The van der Waals surface area contributed by atoms with Gasteiger partial charge in [-0.05, 0) is 23.1 Å². The molecule has 0 fully saturated rings. The summed E-state index contributed by atoms with van der Waals surface area (Å²) in [6.07, 6.45) is 0. The van der Waals surface area contributed by atoms with Crippen molar-refractivity contribution in [1.82, 2.24) is 0 Å². The molecule has 0 saturated carbocycles. The third-order valence-corrected chi connectivity index (χ3v) is 3.16. The lowest BCUT2D eigenvalue weighted by Gasteiger charge is -1.99. The van der Waals surface area contributed by atoms with Gasteiger partial charge in [0.1, 0.15) is 6.07 Å². The van der Waals surface area contributed by atoms with Crippen LogP contribution in [0.5, 0.6) is 0 Å². The molecule has 0 aliphatic heterocycles. The third-order valence-electron chi connectivity index (χ3n) is 2.26. The summed E-state index contributed by atoms with van der Waals surface area (Å²) >= 11 is 1.56. The molecule has 2 aromatic rings. The summed E-state index contributed by atoms with van der Waals surface area (Å²) in [5, 5.41) is 11.0. The maximum atomic E-state index is 9.13. The van der Waals surface area contributed by atoms with Gasteiger partial charge in [0.25, 0.3) is 0 Å². The highest BCUT2D eigenvalue weighted by atomic mass is 32.2. The number of benzene rings is 2. The van der Waals surface area contributed by atoms with Crippen molar-refractivity contribution in [2.24, 2.45) is 0 Å². The van der Waals surface area contributed by atoms with Crippen molar-refractivity contribution in [3.8, 4) is 6.07 Å². The van der Waals surface area contributed by atoms with Crippen LogP contribution in [0.25, 0.3) is 5.57 Å². The summed E-state index contributed by atoms with van der Waals surface area (Å²) in [7, 11) is 0. The van der Waals surface area contributed by atoms with Crippen LogP contribution in [0, 0.1) is 11.3 Å². The fourth-order valence-corrected chi connectivity index (χ4v) is 2.16. The molecule has 0 aliphatic rings. The van der Waals surface area contributed by atoms with Crippen molar-refractivity contribution < 1.29 is 0 Å².